The summed E-state index contributed by atoms with van der Waals surface area (Å²) >= 11 is 6.34. The van der Waals surface area contributed by atoms with E-state index in [-0.39, 0.29) is 54.3 Å². The number of rotatable bonds is 11. The van der Waals surface area contributed by atoms with Crippen molar-refractivity contribution in [1.29, 1.82) is 0 Å². The second-order valence-electron chi connectivity index (χ2n) is 9.53. The molecule has 1 aromatic heterocycles. The van der Waals surface area contributed by atoms with Gasteiger partial charge in [0.1, 0.15) is 5.69 Å². The van der Waals surface area contributed by atoms with Crippen LogP contribution in [-0.2, 0) is 23.5 Å². The van der Waals surface area contributed by atoms with Gasteiger partial charge in [-0.3, -0.25) is 18.7 Å². The summed E-state index contributed by atoms with van der Waals surface area (Å²) in [7, 11) is -10.9. The number of halogens is 2. The molecule has 0 saturated carbocycles. The third-order valence-electron chi connectivity index (χ3n) is 6.29. The Hall–Kier alpha value is -3.72. The number of ether oxygens (including phenoxy) is 2. The van der Waals surface area contributed by atoms with Gasteiger partial charge in [0.2, 0.25) is 11.9 Å². The third kappa shape index (κ3) is 8.93. The number of nitrogens with one attached hydrogen (secondary N) is 2. The molecule has 0 radical (unpaired) electrons. The molecule has 4 rings (SSSR count). The molecule has 0 atom stereocenters. The minimum Gasteiger partial charge on any atom is -0.424 e. The van der Waals surface area contributed by atoms with Crippen molar-refractivity contribution in [2.75, 3.05) is 41.8 Å². The molecule has 0 spiro atoms. The second kappa shape index (κ2) is 14.1. The van der Waals surface area contributed by atoms with Crippen molar-refractivity contribution in [1.82, 2.24) is 9.97 Å². The number of anilines is 4. The number of hydrogen-bond donors (Lipinski definition) is 6. The van der Waals surface area contributed by atoms with Gasteiger partial charge in [0.25, 0.3) is 0 Å². The molecule has 0 aliphatic carbocycles. The summed E-state index contributed by atoms with van der Waals surface area (Å²) in [4.78, 5) is 72.0. The monoisotopic (exact) mass is 685 g/mol. The molecule has 1 fully saturated rings. The Morgan fingerprint density at radius 3 is 2.47 bits per heavy atom. The molecule has 15 nitrogen and oxygen atoms in total. The topological polar surface area (TPSA) is 221 Å². The lowest BCUT2D eigenvalue weighted by atomic mass is 10.1. The Balaban J connectivity index is 1.67. The van der Waals surface area contributed by atoms with Crippen molar-refractivity contribution >= 4 is 61.7 Å². The Kier molecular flexibility index (Phi) is 10.7. The van der Waals surface area contributed by atoms with Crippen LogP contribution in [0, 0.1) is 5.82 Å². The highest BCUT2D eigenvalue weighted by molar-refractivity contribution is 7.70. The van der Waals surface area contributed by atoms with Crippen LogP contribution in [0.3, 0.4) is 0 Å². The first-order valence-electron chi connectivity index (χ1n) is 13.0. The van der Waals surface area contributed by atoms with Crippen LogP contribution in [0.25, 0.3) is 11.3 Å². The molecule has 1 amide bonds. The Morgan fingerprint density at radius 2 is 1.82 bits per heavy atom. The smallest absolute Gasteiger partial charge is 0.341 e. The molecule has 1 aliphatic rings. The van der Waals surface area contributed by atoms with Gasteiger partial charge >= 0.3 is 21.2 Å². The summed E-state index contributed by atoms with van der Waals surface area (Å²) < 4.78 is 49.5. The number of amides is 1. The molecule has 2 heterocycles. The van der Waals surface area contributed by atoms with Crippen LogP contribution < -0.4 is 20.3 Å². The molecule has 19 heteroatoms. The van der Waals surface area contributed by atoms with Crippen molar-refractivity contribution in [2.45, 2.75) is 11.8 Å². The Bertz CT molecular complexity index is 1690. The average molecular weight is 686 g/mol. The van der Waals surface area contributed by atoms with Gasteiger partial charge < -0.3 is 44.6 Å². The fourth-order valence-corrected chi connectivity index (χ4v) is 6.80. The van der Waals surface area contributed by atoms with Gasteiger partial charge in [-0.2, -0.15) is 0 Å². The SMILES string of the molecule is C=CC(=O)Nc1cccc(-c2nc(Nc3cc(F)c(N4CCOCC4)c(OC(=O)CC(P(=O)(O)O)P(=O)(O)O)c3)ncc2Cl)c1. The van der Waals surface area contributed by atoms with E-state index in [0.29, 0.717) is 11.3 Å². The van der Waals surface area contributed by atoms with E-state index in [4.69, 9.17) is 21.1 Å². The normalized spacial score (nSPS) is 13.8. The number of morpholine rings is 1. The molecule has 6 N–H and O–H groups in total. The summed E-state index contributed by atoms with van der Waals surface area (Å²) in [5.41, 5.74) is 0.988. The number of carbonyl (C=O) groups excluding carboxylic acids is 2. The number of nitrogens with zero attached hydrogens (tertiary/aromatic N) is 3. The molecular formula is C26H27ClFN5O10P2. The van der Waals surface area contributed by atoms with Crippen LogP contribution in [0.4, 0.5) is 27.4 Å². The summed E-state index contributed by atoms with van der Waals surface area (Å²) in [6, 6.07) is 8.85. The highest BCUT2D eigenvalue weighted by Crippen LogP contribution is 2.61. The minimum atomic E-state index is -5.44. The van der Waals surface area contributed by atoms with Gasteiger partial charge in [-0.25, -0.2) is 14.4 Å². The summed E-state index contributed by atoms with van der Waals surface area (Å²) in [6.45, 7) is 4.27. The fourth-order valence-electron chi connectivity index (χ4n) is 4.26. The molecule has 1 saturated heterocycles. The lowest BCUT2D eigenvalue weighted by Gasteiger charge is -2.30. The van der Waals surface area contributed by atoms with Gasteiger partial charge in [0, 0.05) is 36.1 Å². The minimum absolute atomic E-state index is 0.0193. The van der Waals surface area contributed by atoms with Gasteiger partial charge in [-0.05, 0) is 24.3 Å². The molecule has 45 heavy (non-hydrogen) atoms. The van der Waals surface area contributed by atoms with E-state index >= 15 is 4.39 Å². The quantitative estimate of drug-likeness (QED) is 0.0735. The van der Waals surface area contributed by atoms with Gasteiger partial charge in [0.05, 0.1) is 36.5 Å². The van der Waals surface area contributed by atoms with Crippen molar-refractivity contribution < 1.29 is 52.2 Å². The third-order valence-corrected chi connectivity index (χ3v) is 10.3. The van der Waals surface area contributed by atoms with Crippen molar-refractivity contribution in [3.05, 3.63) is 66.1 Å². The molecule has 1 aliphatic heterocycles. The molecule has 2 aromatic carbocycles. The molecule has 0 unspecified atom stereocenters. The van der Waals surface area contributed by atoms with Crippen molar-refractivity contribution in [3.8, 4) is 17.0 Å². The van der Waals surface area contributed by atoms with E-state index in [9.17, 15) is 38.3 Å². The summed E-state index contributed by atoms with van der Waals surface area (Å²) in [5.74, 6) is -3.19. The standard InChI is InChI=1S/C26H27ClFN5O10P2/c1-2-21(34)30-16-5-3-4-15(10-16)24-18(27)14-29-26(32-24)31-17-11-19(28)25(33-6-8-42-9-7-33)20(12-17)43-22(35)13-23(44(36,37)38)45(39,40)41/h2-5,10-12,14,23H,1,6-9,13H2,(H,30,34)(H,29,31,32)(H2,36,37,38)(H2,39,40,41). The van der Waals surface area contributed by atoms with Gasteiger partial charge in [-0.15, -0.1) is 0 Å². The maximum atomic E-state index is 15.6. The number of hydrogen-bond acceptors (Lipinski definition) is 10. The largest absolute Gasteiger partial charge is 0.424 e. The van der Waals surface area contributed by atoms with Crippen molar-refractivity contribution in [3.63, 3.8) is 0 Å². The summed E-state index contributed by atoms with van der Waals surface area (Å²) in [5, 5.41) is 2.91. The van der Waals surface area contributed by atoms with Gasteiger partial charge in [-0.1, -0.05) is 30.3 Å². The predicted molar refractivity (Wildman–Crippen MR) is 162 cm³/mol. The van der Waals surface area contributed by atoms with Crippen LogP contribution in [0.1, 0.15) is 6.42 Å². The highest BCUT2D eigenvalue weighted by atomic mass is 35.5. The second-order valence-corrected chi connectivity index (χ2v) is 13.9. The maximum absolute atomic E-state index is 15.6. The van der Waals surface area contributed by atoms with E-state index in [0.717, 1.165) is 12.1 Å². The first kappa shape index (κ1) is 34.2. The fraction of sp³-hybridized carbons (Fsp3) is 0.231. The highest BCUT2D eigenvalue weighted by Gasteiger charge is 2.45. The lowest BCUT2D eigenvalue weighted by Crippen LogP contribution is -2.37. The van der Waals surface area contributed by atoms with Crippen LogP contribution in [0.15, 0.2) is 55.3 Å². The van der Waals surface area contributed by atoms with E-state index < -0.39 is 50.5 Å². The lowest BCUT2D eigenvalue weighted by molar-refractivity contribution is -0.134. The van der Waals surface area contributed by atoms with Crippen LogP contribution in [0.2, 0.25) is 5.02 Å². The number of aromatic nitrogens is 2. The van der Waals surface area contributed by atoms with E-state index in [1.54, 1.807) is 24.3 Å². The maximum Gasteiger partial charge on any atom is 0.341 e. The average Bonchev–Trinajstić information content (AvgIpc) is 2.96. The van der Waals surface area contributed by atoms with E-state index in [1.165, 1.54) is 17.2 Å². The zero-order valence-electron chi connectivity index (χ0n) is 23.2. The van der Waals surface area contributed by atoms with E-state index in [1.807, 2.05) is 0 Å². The van der Waals surface area contributed by atoms with Crippen LogP contribution in [0.5, 0.6) is 5.75 Å². The number of benzene rings is 2. The van der Waals surface area contributed by atoms with Crippen molar-refractivity contribution in [2.24, 2.45) is 0 Å². The zero-order chi connectivity index (χ0) is 32.9. The summed E-state index contributed by atoms with van der Waals surface area (Å²) in [6.07, 6.45) is 1.03. The van der Waals surface area contributed by atoms with Crippen LogP contribution >= 0.6 is 26.8 Å². The van der Waals surface area contributed by atoms with E-state index in [2.05, 4.69) is 27.2 Å². The first-order valence-corrected chi connectivity index (χ1v) is 16.7. The number of carbonyl (C=O) groups is 2. The first-order chi connectivity index (χ1) is 21.2. The zero-order valence-corrected chi connectivity index (χ0v) is 25.7. The number of esters is 1. The molecule has 0 bridgehead atoms. The molecule has 240 valence electrons. The predicted octanol–water partition coefficient (Wildman–Crippen LogP) is 3.62. The van der Waals surface area contributed by atoms with Crippen LogP contribution in [-0.4, -0.2) is 73.1 Å². The Morgan fingerprint density at radius 1 is 1.13 bits per heavy atom. The molecular weight excluding hydrogens is 659 g/mol. The molecule has 3 aromatic rings. The Labute approximate surface area is 260 Å². The van der Waals surface area contributed by atoms with Gasteiger partial charge in [0.15, 0.2) is 17.0 Å².